The van der Waals surface area contributed by atoms with E-state index in [0.29, 0.717) is 0 Å². The third-order valence-electron chi connectivity index (χ3n) is 1.87. The van der Waals surface area contributed by atoms with Crippen LogP contribution in [0.1, 0.15) is 12.6 Å². The van der Waals surface area contributed by atoms with Crippen LogP contribution >= 0.6 is 0 Å². The van der Waals surface area contributed by atoms with Gasteiger partial charge in [0.1, 0.15) is 0 Å². The van der Waals surface area contributed by atoms with Gasteiger partial charge in [-0.2, -0.15) is 0 Å². The van der Waals surface area contributed by atoms with Gasteiger partial charge in [0.2, 0.25) is 0 Å². The van der Waals surface area contributed by atoms with Gasteiger partial charge in [-0.15, -0.1) is 0 Å². The van der Waals surface area contributed by atoms with Crippen LogP contribution < -0.4 is 0 Å². The van der Waals surface area contributed by atoms with E-state index in [1.807, 2.05) is 31.2 Å². The molecule has 2 aromatic rings. The van der Waals surface area contributed by atoms with Crippen molar-refractivity contribution in [1.29, 1.82) is 0 Å². The zero-order valence-electron chi connectivity index (χ0n) is 6.96. The summed E-state index contributed by atoms with van der Waals surface area (Å²) in [5.41, 5.74) is 3.02. The van der Waals surface area contributed by atoms with E-state index in [2.05, 4.69) is 17.7 Å². The zero-order chi connectivity index (χ0) is 8.55. The van der Waals surface area contributed by atoms with Crippen LogP contribution in [-0.2, 0) is 0 Å². The van der Waals surface area contributed by atoms with E-state index < -0.39 is 0 Å². The molecule has 1 aromatic carbocycles. The van der Waals surface area contributed by atoms with Crippen molar-refractivity contribution in [3.63, 3.8) is 0 Å². The van der Waals surface area contributed by atoms with Crippen molar-refractivity contribution in [3.8, 4) is 0 Å². The second-order valence-corrected chi connectivity index (χ2v) is 2.90. The minimum atomic E-state index is 0.964. The molecule has 0 aliphatic heterocycles. The molecule has 58 valence electrons. The van der Waals surface area contributed by atoms with Gasteiger partial charge < -0.3 is 0 Å². The molecule has 1 aromatic heterocycles. The van der Waals surface area contributed by atoms with Gasteiger partial charge in [0, 0.05) is 0 Å². The number of para-hydroxylation sites is 1. The number of aromatic amines is 1. The van der Waals surface area contributed by atoms with Crippen molar-refractivity contribution < 1.29 is 0 Å². The van der Waals surface area contributed by atoms with Gasteiger partial charge in [-0.05, 0) is 0 Å². The fourth-order valence-electron chi connectivity index (χ4n) is 1.29. The van der Waals surface area contributed by atoms with E-state index in [4.69, 9.17) is 0 Å². The number of hydrogen-bond donors (Lipinski definition) is 1. The Morgan fingerprint density at radius 2 is 2.17 bits per heavy atom. The number of rotatable bonds is 1. The average molecular weight is 156 g/mol. The van der Waals surface area contributed by atoms with Crippen LogP contribution in [0.15, 0.2) is 24.3 Å². The van der Waals surface area contributed by atoms with Gasteiger partial charge in [-0.25, -0.2) is 0 Å². The van der Waals surface area contributed by atoms with E-state index in [1.165, 1.54) is 0 Å². The maximum absolute atomic E-state index is 4.17. The predicted molar refractivity (Wildman–Crippen MR) is 53.0 cm³/mol. The number of hydrogen-bond acceptors (Lipinski definition) is 1. The molecular weight excluding hydrogens is 147 g/mol. The normalized spacial score (nSPS) is 10.3. The molecule has 0 unspecified atom stereocenters. The minimum absolute atomic E-state index is 0.964. The van der Waals surface area contributed by atoms with Gasteiger partial charge in [-0.1, -0.05) is 0 Å². The summed E-state index contributed by atoms with van der Waals surface area (Å²) in [6, 6.07) is 8.05. The standard InChI is InChI=1S/C9H9BN2/c1-6(10)9-7-4-2-3-5-8(7)11-12-9/h2-5,10H,1H3,(H,11,12). The quantitative estimate of drug-likeness (QED) is 0.613. The topological polar surface area (TPSA) is 28.7 Å². The Kier molecular flexibility index (Phi) is 1.57. The summed E-state index contributed by atoms with van der Waals surface area (Å²) in [6.45, 7) is 1.96. The van der Waals surface area contributed by atoms with Gasteiger partial charge >= 0.3 is 70.9 Å². The number of benzene rings is 1. The molecule has 2 nitrogen and oxygen atoms in total. The van der Waals surface area contributed by atoms with Crippen LogP contribution in [0.3, 0.4) is 0 Å². The van der Waals surface area contributed by atoms with E-state index in [1.54, 1.807) is 0 Å². The third-order valence-corrected chi connectivity index (χ3v) is 1.87. The van der Waals surface area contributed by atoms with E-state index in [9.17, 15) is 0 Å². The van der Waals surface area contributed by atoms with Crippen molar-refractivity contribution in [2.45, 2.75) is 6.92 Å². The summed E-state index contributed by atoms with van der Waals surface area (Å²) < 4.78 is 0. The molecule has 12 heavy (non-hydrogen) atoms. The first-order valence-electron chi connectivity index (χ1n) is 3.88. The van der Waals surface area contributed by atoms with Crippen molar-refractivity contribution in [1.82, 2.24) is 10.2 Å². The van der Waals surface area contributed by atoms with Crippen LogP contribution in [0.25, 0.3) is 10.9 Å². The van der Waals surface area contributed by atoms with Crippen LogP contribution in [-0.4, -0.2) is 23.1 Å². The van der Waals surface area contributed by atoms with E-state index in [-0.39, 0.29) is 0 Å². The average Bonchev–Trinajstić information content (AvgIpc) is 2.47. The Balaban J connectivity index is 2.79. The molecule has 0 aliphatic carbocycles. The molecule has 0 amide bonds. The van der Waals surface area contributed by atoms with Crippen molar-refractivity contribution in [2.75, 3.05) is 0 Å². The number of fused-ring (bicyclic) bond motifs is 1. The van der Waals surface area contributed by atoms with Crippen LogP contribution in [0.4, 0.5) is 0 Å². The molecule has 1 N–H and O–H groups in total. The van der Waals surface area contributed by atoms with E-state index in [0.717, 1.165) is 22.1 Å². The van der Waals surface area contributed by atoms with Gasteiger partial charge in [-0.3, -0.25) is 0 Å². The van der Waals surface area contributed by atoms with Gasteiger partial charge in [0.15, 0.2) is 0 Å². The first-order chi connectivity index (χ1) is 5.79. The fraction of sp³-hybridized carbons (Fsp3) is 0.111. The Morgan fingerprint density at radius 1 is 1.42 bits per heavy atom. The molecule has 0 aliphatic rings. The maximum atomic E-state index is 4.17. The Labute approximate surface area is 71.7 Å². The van der Waals surface area contributed by atoms with Crippen LogP contribution in [0, 0.1) is 0 Å². The molecule has 0 atom stereocenters. The summed E-state index contributed by atoms with van der Waals surface area (Å²) in [4.78, 5) is 0. The molecular formula is C9H9BN2. The molecule has 0 bridgehead atoms. The molecule has 0 fully saturated rings. The first-order valence-corrected chi connectivity index (χ1v) is 3.88. The summed E-state index contributed by atoms with van der Waals surface area (Å²) in [5.74, 6) is 0. The number of nitrogens with zero attached hydrogens (tertiary/aromatic N) is 1. The summed E-state index contributed by atoms with van der Waals surface area (Å²) in [5, 5.41) is 8.27. The SMILES string of the molecule is B=C(C)c1n[nH]c2ccccc12. The summed E-state index contributed by atoms with van der Waals surface area (Å²) in [6.07, 6.45) is 0. The second kappa shape index (κ2) is 2.59. The van der Waals surface area contributed by atoms with E-state index >= 15 is 0 Å². The van der Waals surface area contributed by atoms with Crippen molar-refractivity contribution in [2.24, 2.45) is 0 Å². The molecule has 0 spiro atoms. The molecule has 3 heteroatoms. The molecule has 1 heterocycles. The molecule has 2 rings (SSSR count). The Morgan fingerprint density at radius 3 is 2.92 bits per heavy atom. The Bertz CT molecular complexity index is 431. The number of H-pyrrole nitrogens is 1. The predicted octanol–water partition coefficient (Wildman–Crippen LogP) is 1.00. The second-order valence-electron chi connectivity index (χ2n) is 2.90. The van der Waals surface area contributed by atoms with Crippen molar-refractivity contribution in [3.05, 3.63) is 30.0 Å². The molecule has 0 saturated carbocycles. The van der Waals surface area contributed by atoms with Gasteiger partial charge in [0.05, 0.1) is 0 Å². The fourth-order valence-corrected chi connectivity index (χ4v) is 1.29. The Hall–Kier alpha value is -1.38. The zero-order valence-corrected chi connectivity index (χ0v) is 6.96. The first kappa shape index (κ1) is 7.28. The number of nitrogens with one attached hydrogen (secondary N) is 1. The van der Waals surface area contributed by atoms with Gasteiger partial charge in [0.25, 0.3) is 0 Å². The molecule has 0 saturated heterocycles. The van der Waals surface area contributed by atoms with Crippen molar-refractivity contribution >= 4 is 23.9 Å². The van der Waals surface area contributed by atoms with Crippen LogP contribution in [0.5, 0.6) is 0 Å². The summed E-state index contributed by atoms with van der Waals surface area (Å²) >= 11 is 0. The molecule has 0 radical (unpaired) electrons. The van der Waals surface area contributed by atoms with Crippen LogP contribution in [0.2, 0.25) is 0 Å². The third kappa shape index (κ3) is 0.980. The number of aromatic nitrogens is 2. The monoisotopic (exact) mass is 156 g/mol. The summed E-state index contributed by atoms with van der Waals surface area (Å²) in [7, 11) is 3.87.